The Bertz CT molecular complexity index is 239. The fourth-order valence-electron chi connectivity index (χ4n) is 1.28. The van der Waals surface area contributed by atoms with Crippen LogP contribution in [0.5, 0.6) is 0 Å². The van der Waals surface area contributed by atoms with Gasteiger partial charge in [-0.3, -0.25) is 4.79 Å². The molecule has 0 atom stereocenters. The molecule has 1 rings (SSSR count). The molecule has 1 fully saturated rings. The molecule has 78 valence electrons. The molecule has 5 heteroatoms. The van der Waals surface area contributed by atoms with Crippen molar-refractivity contribution in [3.63, 3.8) is 0 Å². The number of amides is 1. The molecule has 0 bridgehead atoms. The molecule has 0 aliphatic carbocycles. The van der Waals surface area contributed by atoms with Gasteiger partial charge in [-0.2, -0.15) is 0 Å². The monoisotopic (exact) mass is 199 g/mol. The van der Waals surface area contributed by atoms with Gasteiger partial charge in [-0.25, -0.2) is 4.79 Å². The summed E-state index contributed by atoms with van der Waals surface area (Å²) < 4.78 is 9.00. The first kappa shape index (κ1) is 10.6. The van der Waals surface area contributed by atoms with Crippen LogP contribution in [-0.2, 0) is 14.3 Å². The first-order valence-corrected chi connectivity index (χ1v) is 4.46. The molecule has 0 aromatic carbocycles. The zero-order valence-electron chi connectivity index (χ0n) is 7.90. The highest BCUT2D eigenvalue weighted by atomic mass is 16.7. The zero-order valence-corrected chi connectivity index (χ0v) is 7.90. The third kappa shape index (κ3) is 3.08. The number of nitrogens with zero attached hydrogens (tertiary/aromatic N) is 1. The van der Waals surface area contributed by atoms with Gasteiger partial charge in [0.05, 0.1) is 12.8 Å². The predicted molar refractivity (Wildman–Crippen MR) is 48.4 cm³/mol. The van der Waals surface area contributed by atoms with E-state index >= 15 is 0 Å². The van der Waals surface area contributed by atoms with E-state index in [2.05, 4.69) is 16.1 Å². The van der Waals surface area contributed by atoms with E-state index in [1.165, 1.54) is 0 Å². The third-order valence-corrected chi connectivity index (χ3v) is 1.93. The van der Waals surface area contributed by atoms with Crippen molar-refractivity contribution in [2.24, 2.45) is 0 Å². The zero-order chi connectivity index (χ0) is 10.4. The minimum Gasteiger partial charge on any atom is -0.432 e. The minimum atomic E-state index is -0.786. The quantitative estimate of drug-likeness (QED) is 0.498. The van der Waals surface area contributed by atoms with Gasteiger partial charge in [-0.05, 0) is 6.42 Å². The van der Waals surface area contributed by atoms with E-state index in [9.17, 15) is 9.59 Å². The predicted octanol–water partition coefficient (Wildman–Crippen LogP) is 0.905. The Kier molecular flexibility index (Phi) is 3.97. The van der Waals surface area contributed by atoms with Crippen molar-refractivity contribution in [2.75, 3.05) is 19.7 Å². The van der Waals surface area contributed by atoms with Gasteiger partial charge in [0.1, 0.15) is 6.61 Å². The standard InChI is InChI=1S/C9H13NO4/c1-2-13-9(12)14-7-6-10-5-3-4-8(10)11/h2H,1,3-7H2. The van der Waals surface area contributed by atoms with Gasteiger partial charge in [-0.1, -0.05) is 6.58 Å². The second-order valence-electron chi connectivity index (χ2n) is 2.87. The van der Waals surface area contributed by atoms with E-state index in [1.807, 2.05) is 0 Å². The molecule has 14 heavy (non-hydrogen) atoms. The SMILES string of the molecule is C=COC(=O)OCCN1CCCC1=O. The van der Waals surface area contributed by atoms with E-state index in [4.69, 9.17) is 0 Å². The Morgan fingerprint density at radius 1 is 1.64 bits per heavy atom. The Balaban J connectivity index is 2.11. The minimum absolute atomic E-state index is 0.116. The Labute approximate surface area is 82.3 Å². The fraction of sp³-hybridized carbons (Fsp3) is 0.556. The van der Waals surface area contributed by atoms with Crippen LogP contribution in [0.1, 0.15) is 12.8 Å². The summed E-state index contributed by atoms with van der Waals surface area (Å²) in [5.74, 6) is 0.116. The third-order valence-electron chi connectivity index (χ3n) is 1.93. The number of likely N-dealkylation sites (tertiary alicyclic amines) is 1. The van der Waals surface area contributed by atoms with E-state index in [0.29, 0.717) is 13.0 Å². The molecule has 0 spiro atoms. The number of hydrogen-bond acceptors (Lipinski definition) is 4. The largest absolute Gasteiger partial charge is 0.513 e. The lowest BCUT2D eigenvalue weighted by Crippen LogP contribution is -2.29. The van der Waals surface area contributed by atoms with Crippen molar-refractivity contribution in [2.45, 2.75) is 12.8 Å². The van der Waals surface area contributed by atoms with Gasteiger partial charge < -0.3 is 14.4 Å². The first-order valence-electron chi connectivity index (χ1n) is 4.46. The Morgan fingerprint density at radius 2 is 2.43 bits per heavy atom. The first-order chi connectivity index (χ1) is 6.74. The average Bonchev–Trinajstić information content (AvgIpc) is 2.52. The van der Waals surface area contributed by atoms with Gasteiger partial charge in [0, 0.05) is 13.0 Å². The molecule has 0 radical (unpaired) electrons. The van der Waals surface area contributed by atoms with Crippen LogP contribution >= 0.6 is 0 Å². The van der Waals surface area contributed by atoms with Crippen LogP contribution in [0.2, 0.25) is 0 Å². The molecular formula is C9H13NO4. The summed E-state index contributed by atoms with van der Waals surface area (Å²) in [5.41, 5.74) is 0. The molecular weight excluding hydrogens is 186 g/mol. The van der Waals surface area contributed by atoms with Gasteiger partial charge in [-0.15, -0.1) is 0 Å². The van der Waals surface area contributed by atoms with E-state index in [0.717, 1.165) is 19.2 Å². The number of hydrogen-bond donors (Lipinski definition) is 0. The second kappa shape index (κ2) is 5.26. The van der Waals surface area contributed by atoms with Crippen molar-refractivity contribution in [3.05, 3.63) is 12.8 Å². The normalized spacial score (nSPS) is 15.4. The van der Waals surface area contributed by atoms with Crippen molar-refractivity contribution in [1.29, 1.82) is 0 Å². The molecule has 5 nitrogen and oxygen atoms in total. The fourth-order valence-corrected chi connectivity index (χ4v) is 1.28. The summed E-state index contributed by atoms with van der Waals surface area (Å²) in [4.78, 5) is 23.5. The number of carbonyl (C=O) groups excluding carboxylic acids is 2. The van der Waals surface area contributed by atoms with E-state index in [1.54, 1.807) is 4.90 Å². The van der Waals surface area contributed by atoms with Gasteiger partial charge >= 0.3 is 6.16 Å². The highest BCUT2D eigenvalue weighted by molar-refractivity contribution is 5.78. The number of carbonyl (C=O) groups is 2. The summed E-state index contributed by atoms with van der Waals surface area (Å²) in [5, 5.41) is 0. The lowest BCUT2D eigenvalue weighted by atomic mass is 10.4. The van der Waals surface area contributed by atoms with Crippen molar-refractivity contribution in [3.8, 4) is 0 Å². The Hall–Kier alpha value is -1.52. The van der Waals surface area contributed by atoms with Crippen LogP contribution < -0.4 is 0 Å². The van der Waals surface area contributed by atoms with Crippen LogP contribution in [0.3, 0.4) is 0 Å². The highest BCUT2D eigenvalue weighted by Crippen LogP contribution is 2.08. The lowest BCUT2D eigenvalue weighted by Gasteiger charge is -2.14. The molecule has 0 aromatic heterocycles. The molecule has 1 amide bonds. The second-order valence-corrected chi connectivity index (χ2v) is 2.87. The van der Waals surface area contributed by atoms with E-state index in [-0.39, 0.29) is 12.5 Å². The van der Waals surface area contributed by atoms with Crippen LogP contribution in [0.25, 0.3) is 0 Å². The van der Waals surface area contributed by atoms with Gasteiger partial charge in [0.15, 0.2) is 0 Å². The van der Waals surface area contributed by atoms with E-state index < -0.39 is 6.16 Å². The van der Waals surface area contributed by atoms with Crippen molar-refractivity contribution in [1.82, 2.24) is 4.90 Å². The molecule has 0 unspecified atom stereocenters. The summed E-state index contributed by atoms with van der Waals surface area (Å²) in [6, 6.07) is 0. The molecule has 0 aromatic rings. The maximum absolute atomic E-state index is 11.1. The summed E-state index contributed by atoms with van der Waals surface area (Å²) >= 11 is 0. The summed E-state index contributed by atoms with van der Waals surface area (Å²) in [6.07, 6.45) is 1.70. The van der Waals surface area contributed by atoms with Crippen molar-refractivity contribution >= 4 is 12.1 Å². The smallest absolute Gasteiger partial charge is 0.432 e. The maximum Gasteiger partial charge on any atom is 0.513 e. The number of ether oxygens (including phenoxy) is 2. The van der Waals surface area contributed by atoms with Crippen LogP contribution in [0.15, 0.2) is 12.8 Å². The summed E-state index contributed by atoms with van der Waals surface area (Å²) in [7, 11) is 0. The Morgan fingerprint density at radius 3 is 3.00 bits per heavy atom. The molecule has 0 N–H and O–H groups in total. The molecule has 0 saturated carbocycles. The lowest BCUT2D eigenvalue weighted by molar-refractivity contribution is -0.128. The molecule has 1 aliphatic heterocycles. The topological polar surface area (TPSA) is 55.8 Å². The van der Waals surface area contributed by atoms with Crippen LogP contribution in [-0.4, -0.2) is 36.7 Å². The van der Waals surface area contributed by atoms with Crippen molar-refractivity contribution < 1.29 is 19.1 Å². The highest BCUT2D eigenvalue weighted by Gasteiger charge is 2.19. The molecule has 1 saturated heterocycles. The van der Waals surface area contributed by atoms with Crippen LogP contribution in [0.4, 0.5) is 4.79 Å². The summed E-state index contributed by atoms with van der Waals surface area (Å²) in [6.45, 7) is 4.56. The van der Waals surface area contributed by atoms with Gasteiger partial charge in [0.25, 0.3) is 0 Å². The number of rotatable bonds is 4. The molecule has 1 aliphatic rings. The van der Waals surface area contributed by atoms with Crippen LogP contribution in [0, 0.1) is 0 Å². The maximum atomic E-state index is 11.1. The molecule has 1 heterocycles. The van der Waals surface area contributed by atoms with Gasteiger partial charge in [0.2, 0.25) is 5.91 Å². The average molecular weight is 199 g/mol.